The van der Waals surface area contributed by atoms with E-state index in [4.69, 9.17) is 0 Å². The van der Waals surface area contributed by atoms with Crippen molar-refractivity contribution in [1.29, 1.82) is 0 Å². The lowest BCUT2D eigenvalue weighted by Gasteiger charge is -2.01. The molecule has 62 valence electrons. The van der Waals surface area contributed by atoms with Crippen LogP contribution in [0, 0.1) is 0 Å². The van der Waals surface area contributed by atoms with Crippen LogP contribution in [0.25, 0.3) is 0 Å². The molecular weight excluding hydrogens is 180 g/mol. The van der Waals surface area contributed by atoms with E-state index in [1.807, 2.05) is 0 Å². The molecule has 1 rings (SSSR count). The van der Waals surface area contributed by atoms with Gasteiger partial charge in [-0.3, -0.25) is 4.79 Å². The summed E-state index contributed by atoms with van der Waals surface area (Å²) in [5.41, 5.74) is 1.06. The number of esters is 1. The molecule has 0 amide bonds. The number of hydrogen-bond donors (Lipinski definition) is 0. The summed E-state index contributed by atoms with van der Waals surface area (Å²) in [5.74, 6) is -0.937. The van der Waals surface area contributed by atoms with E-state index in [1.165, 1.54) is 0 Å². The molecule has 0 bridgehead atoms. The summed E-state index contributed by atoms with van der Waals surface area (Å²) in [6.07, 6.45) is 2.12. The van der Waals surface area contributed by atoms with E-state index in [0.29, 0.717) is 6.29 Å². The van der Waals surface area contributed by atoms with E-state index in [2.05, 4.69) is 9.16 Å². The van der Waals surface area contributed by atoms with Crippen LogP contribution in [-0.2, 0) is 23.2 Å². The van der Waals surface area contributed by atoms with E-state index in [9.17, 15) is 14.1 Å². The van der Waals surface area contributed by atoms with Crippen molar-refractivity contribution in [1.82, 2.24) is 0 Å². The van der Waals surface area contributed by atoms with Gasteiger partial charge in [-0.2, -0.15) is 0 Å². The Morgan fingerprint density at radius 2 is 2.25 bits per heavy atom. The fraction of sp³-hybridized carbons (Fsp3) is 0. The number of hydrogen-bond acceptors (Lipinski definition) is 5. The first-order valence-corrected chi connectivity index (χ1v) is 4.37. The van der Waals surface area contributed by atoms with E-state index >= 15 is 0 Å². The van der Waals surface area contributed by atoms with E-state index in [0.717, 1.165) is 18.0 Å². The molecule has 5 nitrogen and oxygen atoms in total. The molecular formula is C6H4O5Si. The van der Waals surface area contributed by atoms with Crippen LogP contribution in [-0.4, -0.2) is 21.2 Å². The molecule has 1 aliphatic heterocycles. The van der Waals surface area contributed by atoms with E-state index in [1.54, 1.807) is 0 Å². The summed E-state index contributed by atoms with van der Waals surface area (Å²) in [6, 6.07) is 0. The van der Waals surface area contributed by atoms with Gasteiger partial charge in [-0.1, -0.05) is 0 Å². The third-order valence-corrected chi connectivity index (χ3v) is 1.86. The van der Waals surface area contributed by atoms with Gasteiger partial charge in [-0.05, 0) is 0 Å². The zero-order valence-corrected chi connectivity index (χ0v) is 6.85. The smallest absolute Gasteiger partial charge is 0.479 e. The largest absolute Gasteiger partial charge is 0.538 e. The molecule has 0 saturated carbocycles. The molecule has 6 heteroatoms. The molecule has 0 aromatic rings. The molecule has 1 aliphatic rings. The molecule has 0 aromatic heterocycles. The standard InChI is InChI=1S/C6H4O5Si/c7-3-5-4-10-6(8)1-2-12(9)11-5/h1-4H/b2-1+,5-4-. The molecule has 0 unspecified atom stereocenters. The highest BCUT2D eigenvalue weighted by molar-refractivity contribution is 6.43. The molecule has 0 atom stereocenters. The summed E-state index contributed by atoms with van der Waals surface area (Å²) in [6.45, 7) is 0. The average Bonchev–Trinajstić information content (AvgIpc) is 2.06. The first kappa shape index (κ1) is 8.53. The second-order valence-electron chi connectivity index (χ2n) is 1.83. The molecule has 0 N–H and O–H groups in total. The Kier molecular flexibility index (Phi) is 2.65. The second-order valence-corrected chi connectivity index (χ2v) is 3.00. The van der Waals surface area contributed by atoms with Crippen molar-refractivity contribution >= 4 is 21.2 Å². The van der Waals surface area contributed by atoms with Crippen molar-refractivity contribution in [3.63, 3.8) is 0 Å². The third kappa shape index (κ3) is 2.24. The fourth-order valence-corrected chi connectivity index (χ4v) is 1.19. The van der Waals surface area contributed by atoms with Gasteiger partial charge in [-0.25, -0.2) is 4.79 Å². The summed E-state index contributed by atoms with van der Waals surface area (Å²) in [7, 11) is -2.48. The summed E-state index contributed by atoms with van der Waals surface area (Å²) in [4.78, 5) is 20.7. The number of allylic oxidation sites excluding steroid dienone is 1. The predicted octanol–water partition coefficient (Wildman–Crippen LogP) is -0.386. The lowest BCUT2D eigenvalue weighted by Crippen LogP contribution is -2.10. The summed E-state index contributed by atoms with van der Waals surface area (Å²) < 4.78 is 19.8. The Hall–Kier alpha value is -1.56. The Morgan fingerprint density at radius 3 is 2.92 bits per heavy atom. The van der Waals surface area contributed by atoms with Gasteiger partial charge in [0.05, 0.1) is 0 Å². The zero-order chi connectivity index (χ0) is 8.97. The normalized spacial score (nSPS) is 23.8. The van der Waals surface area contributed by atoms with Crippen LogP contribution in [0.5, 0.6) is 0 Å². The third-order valence-electron chi connectivity index (χ3n) is 0.981. The molecule has 12 heavy (non-hydrogen) atoms. The topological polar surface area (TPSA) is 69.7 Å². The molecule has 0 spiro atoms. The van der Waals surface area contributed by atoms with Crippen LogP contribution in [0.15, 0.2) is 23.8 Å². The van der Waals surface area contributed by atoms with Gasteiger partial charge in [0.25, 0.3) is 0 Å². The predicted molar refractivity (Wildman–Crippen MR) is 36.9 cm³/mol. The SMILES string of the molecule is O=C/C1=C/OC(=O)/C=C/[Si](=O)O1. The number of carbonyl (C=O) groups excluding carboxylic acids is 2. The summed E-state index contributed by atoms with van der Waals surface area (Å²) in [5, 5.41) is 0. The minimum absolute atomic E-state index is 0.253. The average molecular weight is 184 g/mol. The van der Waals surface area contributed by atoms with Crippen LogP contribution in [0.4, 0.5) is 0 Å². The molecule has 0 aliphatic carbocycles. The second kappa shape index (κ2) is 3.72. The molecule has 1 heterocycles. The first-order valence-electron chi connectivity index (χ1n) is 2.98. The maximum Gasteiger partial charge on any atom is 0.538 e. The molecule has 0 radical (unpaired) electrons. The van der Waals surface area contributed by atoms with Crippen molar-refractivity contribution in [2.75, 3.05) is 0 Å². The lowest BCUT2D eigenvalue weighted by atomic mass is 10.6. The molecule has 0 aromatic carbocycles. The van der Waals surface area contributed by atoms with Crippen molar-refractivity contribution in [2.45, 2.75) is 0 Å². The number of carbonyl (C=O) groups is 2. The maximum atomic E-state index is 10.8. The van der Waals surface area contributed by atoms with Crippen LogP contribution in [0.3, 0.4) is 0 Å². The molecule has 0 saturated heterocycles. The Balaban J connectivity index is 2.83. The number of rotatable bonds is 1. The highest BCUT2D eigenvalue weighted by Gasteiger charge is 2.11. The van der Waals surface area contributed by atoms with Crippen LogP contribution >= 0.6 is 0 Å². The van der Waals surface area contributed by atoms with Crippen molar-refractivity contribution < 1.29 is 23.2 Å². The number of aldehydes is 1. The van der Waals surface area contributed by atoms with Gasteiger partial charge < -0.3 is 13.6 Å². The van der Waals surface area contributed by atoms with Crippen LogP contribution in [0.1, 0.15) is 0 Å². The van der Waals surface area contributed by atoms with E-state index < -0.39 is 14.9 Å². The van der Waals surface area contributed by atoms with Gasteiger partial charge >= 0.3 is 14.9 Å². The fourth-order valence-electron chi connectivity index (χ4n) is 0.518. The van der Waals surface area contributed by atoms with Crippen molar-refractivity contribution in [2.24, 2.45) is 0 Å². The monoisotopic (exact) mass is 184 g/mol. The first-order chi connectivity index (χ1) is 5.72. The van der Waals surface area contributed by atoms with E-state index in [-0.39, 0.29) is 5.76 Å². The highest BCUT2D eigenvalue weighted by Crippen LogP contribution is 1.99. The van der Waals surface area contributed by atoms with Crippen LogP contribution in [0.2, 0.25) is 0 Å². The lowest BCUT2D eigenvalue weighted by molar-refractivity contribution is -0.132. The van der Waals surface area contributed by atoms with Crippen LogP contribution < -0.4 is 0 Å². The molecule has 0 fully saturated rings. The number of ether oxygens (including phenoxy) is 1. The number of cyclic esters (lactones) is 1. The van der Waals surface area contributed by atoms with Gasteiger partial charge in [0.1, 0.15) is 6.26 Å². The van der Waals surface area contributed by atoms with Gasteiger partial charge in [0.2, 0.25) is 0 Å². The Labute approximate surface area is 69.1 Å². The highest BCUT2D eigenvalue weighted by atomic mass is 28.3. The Morgan fingerprint density at radius 1 is 1.50 bits per heavy atom. The minimum atomic E-state index is -2.48. The van der Waals surface area contributed by atoms with Gasteiger partial charge in [0, 0.05) is 11.8 Å². The van der Waals surface area contributed by atoms with Gasteiger partial charge in [0.15, 0.2) is 12.0 Å². The van der Waals surface area contributed by atoms with Crippen molar-refractivity contribution in [3.05, 3.63) is 23.8 Å². The maximum absolute atomic E-state index is 10.8. The Bertz CT molecular complexity index is 290. The zero-order valence-electron chi connectivity index (χ0n) is 5.85. The summed E-state index contributed by atoms with van der Waals surface area (Å²) >= 11 is 0. The van der Waals surface area contributed by atoms with Crippen molar-refractivity contribution in [3.8, 4) is 0 Å². The quantitative estimate of drug-likeness (QED) is 0.315. The van der Waals surface area contributed by atoms with Gasteiger partial charge in [-0.15, -0.1) is 0 Å². The minimum Gasteiger partial charge on any atom is -0.479 e.